The molecule has 0 aliphatic rings. The van der Waals surface area contributed by atoms with Gasteiger partial charge in [0, 0.05) is 45.2 Å². The molecule has 0 unspecified atom stereocenters. The number of phenolic OH excluding ortho intramolecular Hbond substituents is 6. The second-order valence-electron chi connectivity index (χ2n) is 11.3. The van der Waals surface area contributed by atoms with Crippen LogP contribution in [-0.4, -0.2) is 65.4 Å². The molecule has 0 aliphatic carbocycles. The molecule has 8 N–H and O–H groups in total. The van der Waals surface area contributed by atoms with Gasteiger partial charge in [-0.25, -0.2) is 9.59 Å². The molecule has 12 heteroatoms. The molecule has 0 saturated heterocycles. The van der Waals surface area contributed by atoms with Crippen LogP contribution in [0.25, 0.3) is 32.7 Å². The molecule has 0 radical (unpaired) electrons. The van der Waals surface area contributed by atoms with Gasteiger partial charge >= 0.3 is 11.9 Å². The van der Waals surface area contributed by atoms with Gasteiger partial charge < -0.3 is 40.9 Å². The van der Waals surface area contributed by atoms with Gasteiger partial charge in [0.1, 0.15) is 11.5 Å². The molecule has 0 heterocycles. The first kappa shape index (κ1) is 34.7. The minimum Gasteiger partial charge on any atom is -0.507 e. The van der Waals surface area contributed by atoms with E-state index in [9.17, 15) is 49.8 Å². The van der Waals surface area contributed by atoms with Crippen molar-refractivity contribution in [2.45, 2.75) is 53.4 Å². The summed E-state index contributed by atoms with van der Waals surface area (Å²) in [5, 5.41) is 82.0. The smallest absolute Gasteiger partial charge is 0.328 e. The Bertz CT molecular complexity index is 1830. The summed E-state index contributed by atoms with van der Waals surface area (Å²) in [7, 11) is 0. The maximum absolute atomic E-state index is 12.0. The van der Waals surface area contributed by atoms with Crippen molar-refractivity contribution in [2.75, 3.05) is 0 Å². The highest BCUT2D eigenvalue weighted by Gasteiger charge is 2.29. The van der Waals surface area contributed by atoms with Gasteiger partial charge in [-0.15, -0.1) is 0 Å². The Morgan fingerprint density at radius 1 is 0.565 bits per heavy atom. The van der Waals surface area contributed by atoms with Gasteiger partial charge in [0.05, 0.1) is 11.1 Å². The van der Waals surface area contributed by atoms with Crippen LogP contribution < -0.4 is 0 Å². The number of aldehydes is 2. The maximum atomic E-state index is 12.0. The van der Waals surface area contributed by atoms with Crippen molar-refractivity contribution in [1.82, 2.24) is 0 Å². The molecule has 46 heavy (non-hydrogen) atoms. The zero-order chi connectivity index (χ0) is 34.9. The van der Waals surface area contributed by atoms with Gasteiger partial charge in [-0.2, -0.15) is 0 Å². The second kappa shape index (κ2) is 13.1. The van der Waals surface area contributed by atoms with E-state index in [4.69, 9.17) is 10.2 Å². The first-order chi connectivity index (χ1) is 21.4. The van der Waals surface area contributed by atoms with E-state index >= 15 is 0 Å². The van der Waals surface area contributed by atoms with Gasteiger partial charge in [0.15, 0.2) is 35.6 Å². The highest BCUT2D eigenvalue weighted by atomic mass is 16.4. The lowest BCUT2D eigenvalue weighted by atomic mass is 9.83. The largest absolute Gasteiger partial charge is 0.507 e. The third-order valence-electron chi connectivity index (χ3n) is 7.59. The standard InChI is InChI=1S/C30H30O8.C4H4O4/c1-11(2)19-15-7-13(5)21(27(35)23(15)17(9-31)25(33)29(19)37)22-14(6)8-16-20(12(3)4)30(38)26(34)18(10-32)24(16)28(22)36;5-3(6)1-2-4(7)8/h7-12,33-38H,1-6H3;1-2H,(H,5,6)(H,7,8)/b;2-1+. The summed E-state index contributed by atoms with van der Waals surface area (Å²) in [6.45, 7) is 10.5. The lowest BCUT2D eigenvalue weighted by Crippen LogP contribution is -2.01. The molecule has 0 saturated carbocycles. The summed E-state index contributed by atoms with van der Waals surface area (Å²) in [6.07, 6.45) is 1.80. The molecule has 0 bridgehead atoms. The number of rotatable bonds is 7. The van der Waals surface area contributed by atoms with Crippen LogP contribution in [-0.2, 0) is 9.59 Å². The van der Waals surface area contributed by atoms with E-state index in [1.54, 1.807) is 53.7 Å². The molecule has 0 amide bonds. The Morgan fingerprint density at radius 3 is 1.11 bits per heavy atom. The van der Waals surface area contributed by atoms with Crippen LogP contribution in [0.1, 0.15) is 82.5 Å². The predicted octanol–water partition coefficient (Wildman–Crippen LogP) is 6.09. The molecule has 0 spiro atoms. The Morgan fingerprint density at radius 2 is 0.870 bits per heavy atom. The second-order valence-corrected chi connectivity index (χ2v) is 11.3. The van der Waals surface area contributed by atoms with Gasteiger partial charge in [0.2, 0.25) is 0 Å². The van der Waals surface area contributed by atoms with Crippen molar-refractivity contribution in [2.24, 2.45) is 0 Å². The molecule has 0 atom stereocenters. The predicted molar refractivity (Wildman–Crippen MR) is 170 cm³/mol. The van der Waals surface area contributed by atoms with Gasteiger partial charge in [-0.3, -0.25) is 9.59 Å². The number of phenols is 6. The molecule has 4 aromatic carbocycles. The highest BCUT2D eigenvalue weighted by molar-refractivity contribution is 6.14. The number of carboxylic acids is 2. The lowest BCUT2D eigenvalue weighted by Gasteiger charge is -2.23. The van der Waals surface area contributed by atoms with Crippen LogP contribution >= 0.6 is 0 Å². The maximum Gasteiger partial charge on any atom is 0.328 e. The number of aryl methyl sites for hydroxylation is 2. The van der Waals surface area contributed by atoms with Crippen LogP contribution in [0, 0.1) is 13.8 Å². The number of benzene rings is 4. The Hall–Kier alpha value is -5.78. The zero-order valence-electron chi connectivity index (χ0n) is 25.8. The van der Waals surface area contributed by atoms with Crippen molar-refractivity contribution < 1.29 is 60.0 Å². The number of hydrogen-bond acceptors (Lipinski definition) is 10. The van der Waals surface area contributed by atoms with Crippen LogP contribution in [0.2, 0.25) is 0 Å². The fourth-order valence-corrected chi connectivity index (χ4v) is 5.74. The Balaban J connectivity index is 0.000000637. The first-order valence-corrected chi connectivity index (χ1v) is 13.9. The number of hydrogen-bond donors (Lipinski definition) is 8. The van der Waals surface area contributed by atoms with Crippen LogP contribution in [0.3, 0.4) is 0 Å². The zero-order valence-corrected chi connectivity index (χ0v) is 25.8. The molecule has 4 rings (SSSR count). The monoisotopic (exact) mass is 634 g/mol. The summed E-state index contributed by atoms with van der Waals surface area (Å²) >= 11 is 0. The third-order valence-corrected chi connectivity index (χ3v) is 7.59. The number of carbonyl (C=O) groups is 4. The third kappa shape index (κ3) is 5.84. The normalized spacial score (nSPS) is 11.3. The minimum atomic E-state index is -1.26. The molecule has 0 aromatic heterocycles. The minimum absolute atomic E-state index is 0.00512. The fraction of sp³-hybridized carbons (Fsp3) is 0.235. The van der Waals surface area contributed by atoms with Gasteiger partial charge in [-0.1, -0.05) is 39.8 Å². The summed E-state index contributed by atoms with van der Waals surface area (Å²) in [5.41, 5.74) is 1.33. The molecule has 242 valence electrons. The van der Waals surface area contributed by atoms with E-state index in [1.807, 2.05) is 0 Å². The Labute approximate surface area is 262 Å². The molecule has 4 aromatic rings. The summed E-state index contributed by atoms with van der Waals surface area (Å²) < 4.78 is 0. The van der Waals surface area contributed by atoms with E-state index in [2.05, 4.69) is 0 Å². The van der Waals surface area contributed by atoms with E-state index in [0.29, 0.717) is 57.8 Å². The summed E-state index contributed by atoms with van der Waals surface area (Å²) in [6, 6.07) is 3.31. The fourth-order valence-electron chi connectivity index (χ4n) is 5.74. The molecule has 0 aliphatic heterocycles. The average molecular weight is 635 g/mol. The van der Waals surface area contributed by atoms with Crippen molar-refractivity contribution in [3.63, 3.8) is 0 Å². The van der Waals surface area contributed by atoms with E-state index in [0.717, 1.165) is 0 Å². The van der Waals surface area contributed by atoms with Gasteiger partial charge in [-0.05, 0) is 47.6 Å². The quantitative estimate of drug-likeness (QED) is 0.0655. The van der Waals surface area contributed by atoms with Crippen molar-refractivity contribution >= 4 is 46.1 Å². The number of aromatic hydroxyl groups is 6. The van der Waals surface area contributed by atoms with Crippen molar-refractivity contribution in [3.8, 4) is 45.6 Å². The number of carboxylic acid groups (broad SMARTS) is 2. The highest BCUT2D eigenvalue weighted by Crippen LogP contribution is 2.54. The van der Waals surface area contributed by atoms with Crippen LogP contribution in [0.4, 0.5) is 0 Å². The van der Waals surface area contributed by atoms with E-state index in [1.165, 1.54) is 0 Å². The van der Waals surface area contributed by atoms with Crippen molar-refractivity contribution in [3.05, 3.63) is 57.7 Å². The van der Waals surface area contributed by atoms with Gasteiger partial charge in [0.25, 0.3) is 0 Å². The topological polar surface area (TPSA) is 230 Å². The molecular weight excluding hydrogens is 600 g/mol. The molecule has 0 fully saturated rings. The SMILES string of the molecule is Cc1cc2c(C(C)C)c(O)c(O)c(C=O)c2c(O)c1-c1c(C)cc2c(C(C)C)c(O)c(O)c(C=O)c2c1O.O=C(O)/C=C/C(=O)O. The number of carbonyl (C=O) groups excluding carboxylic acids is 2. The first-order valence-electron chi connectivity index (χ1n) is 13.9. The summed E-state index contributed by atoms with van der Waals surface area (Å²) in [5.74, 6) is -6.09. The Kier molecular flexibility index (Phi) is 9.86. The summed E-state index contributed by atoms with van der Waals surface area (Å²) in [4.78, 5) is 43.1. The average Bonchev–Trinajstić information content (AvgIpc) is 2.95. The van der Waals surface area contributed by atoms with E-state index < -0.39 is 46.4 Å². The lowest BCUT2D eigenvalue weighted by molar-refractivity contribution is -0.134. The van der Waals surface area contributed by atoms with Crippen molar-refractivity contribution in [1.29, 1.82) is 0 Å². The molecular formula is C34H34O12. The van der Waals surface area contributed by atoms with E-state index in [-0.39, 0.29) is 44.9 Å². The van der Waals surface area contributed by atoms with Crippen LogP contribution in [0.5, 0.6) is 34.5 Å². The number of aliphatic carboxylic acids is 2. The number of fused-ring (bicyclic) bond motifs is 2. The molecule has 12 nitrogen and oxygen atoms in total. The van der Waals surface area contributed by atoms with Crippen LogP contribution in [0.15, 0.2) is 24.3 Å².